The second-order valence-corrected chi connectivity index (χ2v) is 5.75. The quantitative estimate of drug-likeness (QED) is 0.820. The Labute approximate surface area is 132 Å². The first-order chi connectivity index (χ1) is 9.63. The molecule has 2 nitrogen and oxygen atoms in total. The first-order valence-corrected chi connectivity index (χ1v) is 7.65. The smallest absolute Gasteiger partial charge is 0.125 e. The lowest BCUT2D eigenvalue weighted by Crippen LogP contribution is -2.05. The van der Waals surface area contributed by atoms with E-state index >= 15 is 0 Å². The predicted molar refractivity (Wildman–Crippen MR) is 85.4 cm³/mol. The largest absolute Gasteiger partial charge is 0.493 e. The van der Waals surface area contributed by atoms with Crippen LogP contribution in [0, 0.1) is 0 Å². The number of halogens is 2. The van der Waals surface area contributed by atoms with Crippen molar-refractivity contribution in [1.29, 1.82) is 0 Å². The summed E-state index contributed by atoms with van der Waals surface area (Å²) in [6.45, 7) is 2.68. The molecule has 0 aromatic heterocycles. The summed E-state index contributed by atoms with van der Waals surface area (Å²) in [7, 11) is 0. The van der Waals surface area contributed by atoms with Crippen molar-refractivity contribution < 1.29 is 9.84 Å². The van der Waals surface area contributed by atoms with Gasteiger partial charge in [-0.2, -0.15) is 0 Å². The highest BCUT2D eigenvalue weighted by Crippen LogP contribution is 2.34. The highest BCUT2D eigenvalue weighted by Gasteiger charge is 2.17. The Morgan fingerprint density at radius 1 is 1.20 bits per heavy atom. The van der Waals surface area contributed by atoms with E-state index in [0.717, 1.165) is 22.0 Å². The minimum absolute atomic E-state index is 0.628. The molecule has 1 N–H and O–H groups in total. The van der Waals surface area contributed by atoms with Crippen LogP contribution in [0.5, 0.6) is 5.75 Å². The third-order valence-electron chi connectivity index (χ3n) is 2.93. The van der Waals surface area contributed by atoms with Gasteiger partial charge in [0.05, 0.1) is 6.61 Å². The first kappa shape index (κ1) is 15.4. The average Bonchev–Trinajstić information content (AvgIpc) is 2.45. The van der Waals surface area contributed by atoms with Crippen LogP contribution >= 0.6 is 27.5 Å². The molecule has 0 spiro atoms. The maximum absolute atomic E-state index is 10.6. The Kier molecular flexibility index (Phi) is 5.46. The Morgan fingerprint density at radius 3 is 2.65 bits per heavy atom. The molecule has 0 aliphatic carbocycles. The Morgan fingerprint density at radius 2 is 1.95 bits per heavy atom. The fraction of sp³-hybridized carbons (Fsp3) is 0.250. The zero-order valence-electron chi connectivity index (χ0n) is 11.1. The number of ether oxygens (including phenoxy) is 1. The first-order valence-electron chi connectivity index (χ1n) is 6.48. The molecule has 4 heteroatoms. The van der Waals surface area contributed by atoms with Crippen molar-refractivity contribution in [3.8, 4) is 5.75 Å². The van der Waals surface area contributed by atoms with Gasteiger partial charge in [0.15, 0.2) is 0 Å². The normalized spacial score (nSPS) is 12.2. The van der Waals surface area contributed by atoms with Crippen molar-refractivity contribution in [3.63, 3.8) is 0 Å². The van der Waals surface area contributed by atoms with E-state index in [1.165, 1.54) is 0 Å². The van der Waals surface area contributed by atoms with Gasteiger partial charge in [-0.1, -0.05) is 58.7 Å². The van der Waals surface area contributed by atoms with Crippen LogP contribution in [0.25, 0.3) is 0 Å². The van der Waals surface area contributed by atoms with Gasteiger partial charge in [-0.05, 0) is 30.2 Å². The highest BCUT2D eigenvalue weighted by atomic mass is 79.9. The zero-order valence-corrected chi connectivity index (χ0v) is 13.5. The molecule has 0 saturated heterocycles. The predicted octanol–water partition coefficient (Wildman–Crippen LogP) is 4.97. The molecule has 1 atom stereocenters. The van der Waals surface area contributed by atoms with Crippen molar-refractivity contribution >= 4 is 27.5 Å². The molecule has 0 radical (unpaired) electrons. The molecule has 0 saturated carbocycles. The van der Waals surface area contributed by atoms with E-state index in [9.17, 15) is 5.11 Å². The van der Waals surface area contributed by atoms with Gasteiger partial charge in [0, 0.05) is 15.1 Å². The van der Waals surface area contributed by atoms with Crippen molar-refractivity contribution in [3.05, 3.63) is 63.1 Å². The van der Waals surface area contributed by atoms with Gasteiger partial charge >= 0.3 is 0 Å². The minimum Gasteiger partial charge on any atom is -0.493 e. The van der Waals surface area contributed by atoms with Crippen LogP contribution in [-0.2, 0) is 0 Å². The Hall–Kier alpha value is -1.03. The maximum Gasteiger partial charge on any atom is 0.125 e. The maximum atomic E-state index is 10.6. The van der Waals surface area contributed by atoms with Gasteiger partial charge in [-0.15, -0.1) is 0 Å². The van der Waals surface area contributed by atoms with Crippen LogP contribution in [-0.4, -0.2) is 11.7 Å². The molecule has 2 aromatic rings. The monoisotopic (exact) mass is 354 g/mol. The van der Waals surface area contributed by atoms with E-state index in [-0.39, 0.29) is 0 Å². The molecule has 20 heavy (non-hydrogen) atoms. The topological polar surface area (TPSA) is 29.5 Å². The summed E-state index contributed by atoms with van der Waals surface area (Å²) in [4.78, 5) is 0. The van der Waals surface area contributed by atoms with Crippen molar-refractivity contribution in [2.24, 2.45) is 0 Å². The van der Waals surface area contributed by atoms with E-state index in [2.05, 4.69) is 22.9 Å². The van der Waals surface area contributed by atoms with E-state index in [4.69, 9.17) is 16.3 Å². The summed E-state index contributed by atoms with van der Waals surface area (Å²) in [6, 6.07) is 12.9. The van der Waals surface area contributed by atoms with Crippen molar-refractivity contribution in [2.45, 2.75) is 19.4 Å². The molecular weight excluding hydrogens is 340 g/mol. The van der Waals surface area contributed by atoms with E-state index in [1.54, 1.807) is 12.1 Å². The van der Waals surface area contributed by atoms with Gasteiger partial charge < -0.3 is 9.84 Å². The van der Waals surface area contributed by atoms with Crippen LogP contribution in [0.4, 0.5) is 0 Å². The van der Waals surface area contributed by atoms with Gasteiger partial charge in [0.2, 0.25) is 0 Å². The molecule has 0 amide bonds. The zero-order chi connectivity index (χ0) is 14.5. The number of hydrogen-bond donors (Lipinski definition) is 1. The number of hydrogen-bond acceptors (Lipinski definition) is 2. The SMILES string of the molecule is CCCOc1ccccc1C(O)c1ccc(Cl)cc1Br. The highest BCUT2D eigenvalue weighted by molar-refractivity contribution is 9.10. The molecule has 0 aliphatic rings. The summed E-state index contributed by atoms with van der Waals surface area (Å²) >= 11 is 9.37. The Bertz CT molecular complexity index is 586. The lowest BCUT2D eigenvalue weighted by atomic mass is 10.0. The van der Waals surface area contributed by atoms with Crippen LogP contribution < -0.4 is 4.74 Å². The van der Waals surface area contributed by atoms with Crippen LogP contribution in [0.2, 0.25) is 5.02 Å². The number of benzene rings is 2. The summed E-state index contributed by atoms with van der Waals surface area (Å²) in [5.41, 5.74) is 1.52. The summed E-state index contributed by atoms with van der Waals surface area (Å²) in [5, 5.41) is 11.2. The van der Waals surface area contributed by atoms with E-state index in [1.807, 2.05) is 30.3 Å². The van der Waals surface area contributed by atoms with E-state index < -0.39 is 6.10 Å². The molecular formula is C16H16BrClO2. The molecule has 2 aromatic carbocycles. The number of aliphatic hydroxyl groups excluding tert-OH is 1. The van der Waals surface area contributed by atoms with Gasteiger partial charge in [0.25, 0.3) is 0 Å². The molecule has 0 bridgehead atoms. The lowest BCUT2D eigenvalue weighted by molar-refractivity contribution is 0.210. The fourth-order valence-corrected chi connectivity index (χ4v) is 2.84. The minimum atomic E-state index is -0.755. The van der Waals surface area contributed by atoms with Crippen LogP contribution in [0.1, 0.15) is 30.6 Å². The third-order valence-corrected chi connectivity index (χ3v) is 3.85. The summed E-state index contributed by atoms with van der Waals surface area (Å²) < 4.78 is 6.47. The van der Waals surface area contributed by atoms with Crippen molar-refractivity contribution in [1.82, 2.24) is 0 Å². The molecule has 2 rings (SSSR count). The standard InChI is InChI=1S/C16H16BrClO2/c1-2-9-20-15-6-4-3-5-13(15)16(19)12-8-7-11(18)10-14(12)17/h3-8,10,16,19H,2,9H2,1H3. The Balaban J connectivity index is 2.35. The van der Waals surface area contributed by atoms with Crippen molar-refractivity contribution in [2.75, 3.05) is 6.61 Å². The van der Waals surface area contributed by atoms with Crippen LogP contribution in [0.3, 0.4) is 0 Å². The third kappa shape index (κ3) is 3.54. The molecule has 0 aliphatic heterocycles. The van der Waals surface area contributed by atoms with E-state index in [0.29, 0.717) is 17.4 Å². The number of rotatable bonds is 5. The molecule has 106 valence electrons. The molecule has 1 unspecified atom stereocenters. The fourth-order valence-electron chi connectivity index (χ4n) is 1.94. The summed E-state index contributed by atoms with van der Waals surface area (Å²) in [5.74, 6) is 0.712. The number of para-hydroxylation sites is 1. The second-order valence-electron chi connectivity index (χ2n) is 4.45. The number of aliphatic hydroxyl groups is 1. The molecule has 0 heterocycles. The molecule has 0 fully saturated rings. The van der Waals surface area contributed by atoms with Gasteiger partial charge in [0.1, 0.15) is 11.9 Å². The van der Waals surface area contributed by atoms with Gasteiger partial charge in [-0.3, -0.25) is 0 Å². The van der Waals surface area contributed by atoms with Gasteiger partial charge in [-0.25, -0.2) is 0 Å². The van der Waals surface area contributed by atoms with Crippen LogP contribution in [0.15, 0.2) is 46.9 Å². The average molecular weight is 356 g/mol. The second kappa shape index (κ2) is 7.11. The summed E-state index contributed by atoms with van der Waals surface area (Å²) in [6.07, 6.45) is 0.171. The lowest BCUT2D eigenvalue weighted by Gasteiger charge is -2.17.